The molecule has 0 saturated carbocycles. The Labute approximate surface area is 128 Å². The van der Waals surface area contributed by atoms with Crippen molar-refractivity contribution in [2.45, 2.75) is 0 Å². The molecule has 0 aliphatic heterocycles. The number of aromatic carboxylic acids is 1. The van der Waals surface area contributed by atoms with Gasteiger partial charge in [0.2, 0.25) is 5.82 Å². The number of pyridine rings is 1. The molecule has 2 aromatic heterocycles. The monoisotopic (exact) mass is 317 g/mol. The number of carboxylic acids is 1. The maximum atomic E-state index is 11.0. The molecule has 0 radical (unpaired) electrons. The van der Waals surface area contributed by atoms with Gasteiger partial charge in [0.1, 0.15) is 5.75 Å². The number of rotatable bonds is 3. The first-order chi connectivity index (χ1) is 10.5. The largest absolute Gasteiger partial charge is 0.507 e. The topological polar surface area (TPSA) is 109 Å². The maximum Gasteiger partial charge on any atom is 0.335 e. The average molecular weight is 318 g/mol. The third-order valence-corrected chi connectivity index (χ3v) is 3.07. The van der Waals surface area contributed by atoms with E-state index in [0.717, 1.165) is 0 Å². The van der Waals surface area contributed by atoms with Gasteiger partial charge in [-0.1, -0.05) is 16.8 Å². The molecule has 0 bridgehead atoms. The molecule has 0 aliphatic rings. The number of halogens is 1. The van der Waals surface area contributed by atoms with Crippen LogP contribution < -0.4 is 0 Å². The first-order valence-corrected chi connectivity index (χ1v) is 6.43. The fourth-order valence-electron chi connectivity index (χ4n) is 1.83. The molecule has 1 aromatic carbocycles. The van der Waals surface area contributed by atoms with Gasteiger partial charge in [-0.15, -0.1) is 0 Å². The lowest BCUT2D eigenvalue weighted by molar-refractivity contribution is 0.0697. The minimum atomic E-state index is -1.12. The summed E-state index contributed by atoms with van der Waals surface area (Å²) >= 11 is 5.84. The van der Waals surface area contributed by atoms with E-state index in [2.05, 4.69) is 15.1 Å². The number of phenols is 1. The van der Waals surface area contributed by atoms with Gasteiger partial charge in [-0.2, -0.15) is 4.98 Å². The zero-order valence-electron chi connectivity index (χ0n) is 10.9. The van der Waals surface area contributed by atoms with Crippen LogP contribution in [0.1, 0.15) is 10.4 Å². The molecule has 8 heteroatoms. The minimum Gasteiger partial charge on any atom is -0.507 e. The van der Waals surface area contributed by atoms with Crippen molar-refractivity contribution in [2.75, 3.05) is 0 Å². The Balaban J connectivity index is 2.04. The molecule has 3 aromatic rings. The maximum absolute atomic E-state index is 11.0. The number of nitrogens with zero attached hydrogens (tertiary/aromatic N) is 3. The number of hydrogen-bond donors (Lipinski definition) is 2. The van der Waals surface area contributed by atoms with Crippen molar-refractivity contribution in [3.8, 4) is 28.6 Å². The summed E-state index contributed by atoms with van der Waals surface area (Å²) in [4.78, 5) is 19.0. The van der Waals surface area contributed by atoms with Crippen molar-refractivity contribution in [3.05, 3.63) is 47.2 Å². The van der Waals surface area contributed by atoms with Gasteiger partial charge in [-0.05, 0) is 24.3 Å². The molecule has 0 spiro atoms. The van der Waals surface area contributed by atoms with Crippen molar-refractivity contribution in [1.29, 1.82) is 0 Å². The Morgan fingerprint density at radius 3 is 2.77 bits per heavy atom. The van der Waals surface area contributed by atoms with Gasteiger partial charge in [0.25, 0.3) is 5.89 Å². The third-order valence-electron chi connectivity index (χ3n) is 2.86. The third kappa shape index (κ3) is 2.61. The number of phenolic OH excluding ortho intramolecular Hbond substituents is 1. The fourth-order valence-corrected chi connectivity index (χ4v) is 2.00. The van der Waals surface area contributed by atoms with Gasteiger partial charge >= 0.3 is 5.97 Å². The number of hydrogen-bond acceptors (Lipinski definition) is 6. The highest BCUT2D eigenvalue weighted by molar-refractivity contribution is 6.30. The van der Waals surface area contributed by atoms with Gasteiger partial charge in [-0.25, -0.2) is 4.79 Å². The van der Waals surface area contributed by atoms with E-state index in [1.807, 2.05) is 0 Å². The number of aromatic hydroxyl groups is 1. The quantitative estimate of drug-likeness (QED) is 0.764. The summed E-state index contributed by atoms with van der Waals surface area (Å²) in [7, 11) is 0. The second kappa shape index (κ2) is 5.45. The van der Waals surface area contributed by atoms with Crippen LogP contribution >= 0.6 is 11.6 Å². The Kier molecular flexibility index (Phi) is 3.48. The van der Waals surface area contributed by atoms with E-state index < -0.39 is 5.97 Å². The van der Waals surface area contributed by atoms with Crippen molar-refractivity contribution < 1.29 is 19.5 Å². The second-order valence-corrected chi connectivity index (χ2v) is 4.79. The van der Waals surface area contributed by atoms with Crippen LogP contribution in [0.25, 0.3) is 22.8 Å². The molecule has 7 nitrogen and oxygen atoms in total. The molecule has 2 heterocycles. The van der Waals surface area contributed by atoms with Crippen LogP contribution in [0.15, 0.2) is 41.2 Å². The van der Waals surface area contributed by atoms with Crippen molar-refractivity contribution >= 4 is 17.6 Å². The lowest BCUT2D eigenvalue weighted by Gasteiger charge is -2.01. The Hall–Kier alpha value is -2.93. The summed E-state index contributed by atoms with van der Waals surface area (Å²) < 4.78 is 5.10. The second-order valence-electron chi connectivity index (χ2n) is 4.35. The van der Waals surface area contributed by atoms with Crippen molar-refractivity contribution in [2.24, 2.45) is 0 Å². The summed E-state index contributed by atoms with van der Waals surface area (Å²) in [5.41, 5.74) is 0.675. The number of carboxylic acid groups (broad SMARTS) is 1. The SMILES string of the molecule is O=C(O)c1ccc(O)c(-c2noc(-c3cncc(Cl)c3)n2)c1. The van der Waals surface area contributed by atoms with E-state index in [-0.39, 0.29) is 28.6 Å². The van der Waals surface area contributed by atoms with E-state index in [9.17, 15) is 9.90 Å². The predicted molar refractivity (Wildman–Crippen MR) is 76.6 cm³/mol. The predicted octanol–water partition coefficient (Wildman–Crippen LogP) is 2.86. The molecular weight excluding hydrogens is 310 g/mol. The highest BCUT2D eigenvalue weighted by atomic mass is 35.5. The van der Waals surface area contributed by atoms with Crippen molar-refractivity contribution in [3.63, 3.8) is 0 Å². The smallest absolute Gasteiger partial charge is 0.335 e. The number of carbonyl (C=O) groups is 1. The summed E-state index contributed by atoms with van der Waals surface area (Å²) in [6.07, 6.45) is 2.96. The van der Waals surface area contributed by atoms with Gasteiger partial charge in [-0.3, -0.25) is 4.98 Å². The molecule has 0 saturated heterocycles. The zero-order chi connectivity index (χ0) is 15.7. The normalized spacial score (nSPS) is 10.6. The van der Waals surface area contributed by atoms with Crippen LogP contribution in [-0.4, -0.2) is 31.3 Å². The van der Waals surface area contributed by atoms with Gasteiger partial charge in [0.15, 0.2) is 0 Å². The van der Waals surface area contributed by atoms with Crippen molar-refractivity contribution in [1.82, 2.24) is 15.1 Å². The number of aromatic nitrogens is 3. The van der Waals surface area contributed by atoms with Gasteiger partial charge in [0.05, 0.1) is 21.7 Å². The summed E-state index contributed by atoms with van der Waals surface area (Å²) in [5, 5.41) is 23.0. The molecule has 110 valence electrons. The molecule has 2 N–H and O–H groups in total. The molecular formula is C14H8ClN3O4. The molecule has 0 atom stereocenters. The Bertz CT molecular complexity index is 863. The standard InChI is InChI=1S/C14H8ClN3O4/c15-9-3-8(5-16-6-9)13-17-12(18-22-13)10-4-7(14(20)21)1-2-11(10)19/h1-6,19H,(H,20,21). The molecule has 3 rings (SSSR count). The van der Waals surface area contributed by atoms with Crippen LogP contribution in [0.4, 0.5) is 0 Å². The molecule has 22 heavy (non-hydrogen) atoms. The minimum absolute atomic E-state index is 0.00331. The lowest BCUT2D eigenvalue weighted by Crippen LogP contribution is -1.96. The van der Waals surface area contributed by atoms with Gasteiger partial charge < -0.3 is 14.7 Å². The van der Waals surface area contributed by atoms with Crippen LogP contribution in [-0.2, 0) is 0 Å². The Morgan fingerprint density at radius 1 is 1.23 bits per heavy atom. The summed E-state index contributed by atoms with van der Waals surface area (Å²) in [5.74, 6) is -1.05. The Morgan fingerprint density at radius 2 is 2.05 bits per heavy atom. The fraction of sp³-hybridized carbons (Fsp3) is 0. The van der Waals surface area contributed by atoms with Crippen LogP contribution in [0, 0.1) is 0 Å². The molecule has 0 aliphatic carbocycles. The van der Waals surface area contributed by atoms with Crippen LogP contribution in [0.3, 0.4) is 0 Å². The van der Waals surface area contributed by atoms with E-state index in [4.69, 9.17) is 21.2 Å². The first-order valence-electron chi connectivity index (χ1n) is 6.06. The zero-order valence-corrected chi connectivity index (χ0v) is 11.7. The van der Waals surface area contributed by atoms with Crippen LogP contribution in [0.2, 0.25) is 5.02 Å². The molecule has 0 fully saturated rings. The number of benzene rings is 1. The highest BCUT2D eigenvalue weighted by Gasteiger charge is 2.16. The first kappa shape index (κ1) is 14.0. The van der Waals surface area contributed by atoms with E-state index in [1.54, 1.807) is 6.07 Å². The summed E-state index contributed by atoms with van der Waals surface area (Å²) in [6, 6.07) is 5.40. The lowest BCUT2D eigenvalue weighted by atomic mass is 10.1. The van der Waals surface area contributed by atoms with Gasteiger partial charge in [0, 0.05) is 12.4 Å². The molecule has 0 unspecified atom stereocenters. The highest BCUT2D eigenvalue weighted by Crippen LogP contribution is 2.30. The van der Waals surface area contributed by atoms with E-state index >= 15 is 0 Å². The molecule has 0 amide bonds. The van der Waals surface area contributed by atoms with E-state index in [0.29, 0.717) is 10.6 Å². The summed E-state index contributed by atoms with van der Waals surface area (Å²) in [6.45, 7) is 0. The van der Waals surface area contributed by atoms with E-state index in [1.165, 1.54) is 30.6 Å². The van der Waals surface area contributed by atoms with Crippen LogP contribution in [0.5, 0.6) is 5.75 Å². The average Bonchev–Trinajstić information content (AvgIpc) is 2.97.